The second kappa shape index (κ2) is 7.48. The normalized spacial score (nSPS) is 18.5. The Kier molecular flexibility index (Phi) is 4.88. The van der Waals surface area contributed by atoms with Crippen LogP contribution in [0.4, 0.5) is 5.69 Å². The third-order valence-corrected chi connectivity index (χ3v) is 5.98. The fraction of sp³-hybridized carbons (Fsp3) is 0.182. The molecule has 1 aliphatic heterocycles. The summed E-state index contributed by atoms with van der Waals surface area (Å²) in [5.41, 5.74) is 1.99. The lowest BCUT2D eigenvalue weighted by Crippen LogP contribution is -2.43. The molecule has 0 fully saturated rings. The van der Waals surface area contributed by atoms with Crippen LogP contribution in [0, 0.1) is 0 Å². The van der Waals surface area contributed by atoms with Crippen molar-refractivity contribution in [3.8, 4) is 5.75 Å². The minimum atomic E-state index is -0.510. The van der Waals surface area contributed by atoms with Crippen LogP contribution in [0.15, 0.2) is 66.0 Å². The van der Waals surface area contributed by atoms with Crippen molar-refractivity contribution in [1.82, 2.24) is 4.90 Å². The van der Waals surface area contributed by atoms with Crippen LogP contribution in [0.2, 0.25) is 0 Å². The van der Waals surface area contributed by atoms with E-state index in [2.05, 4.69) is 5.32 Å². The van der Waals surface area contributed by atoms with Crippen LogP contribution in [-0.4, -0.2) is 30.9 Å². The van der Waals surface area contributed by atoms with Gasteiger partial charge in [0.2, 0.25) is 5.91 Å². The number of amides is 2. The van der Waals surface area contributed by atoms with Gasteiger partial charge in [-0.2, -0.15) is 0 Å². The summed E-state index contributed by atoms with van der Waals surface area (Å²) in [5.74, 6) is -0.0643. The number of hydrogen-bond acceptors (Lipinski definition) is 4. The third kappa shape index (κ3) is 3.16. The maximum Gasteiger partial charge on any atom is 0.254 e. The van der Waals surface area contributed by atoms with E-state index in [1.54, 1.807) is 42.5 Å². The average molecular weight is 392 g/mol. The van der Waals surface area contributed by atoms with Gasteiger partial charge in [-0.3, -0.25) is 9.59 Å². The summed E-state index contributed by atoms with van der Waals surface area (Å²) in [7, 11) is 3.35. The van der Waals surface area contributed by atoms with Crippen LogP contribution in [0.1, 0.15) is 32.8 Å². The molecule has 3 aromatic rings. The number of hydrogen-bond donors (Lipinski definition) is 1. The van der Waals surface area contributed by atoms with Crippen molar-refractivity contribution in [2.75, 3.05) is 19.5 Å². The summed E-state index contributed by atoms with van der Waals surface area (Å²) in [6.07, 6.45) is 0. The first kappa shape index (κ1) is 18.3. The Bertz CT molecular complexity index is 1020. The molecule has 1 N–H and O–H groups in total. The Labute approximate surface area is 167 Å². The van der Waals surface area contributed by atoms with Crippen LogP contribution in [-0.2, 0) is 4.79 Å². The first-order valence-electron chi connectivity index (χ1n) is 8.94. The molecule has 0 saturated carbocycles. The molecule has 2 amide bonds. The number of carbonyl (C=O) groups excluding carboxylic acids is 2. The van der Waals surface area contributed by atoms with Crippen LogP contribution in [0.3, 0.4) is 0 Å². The van der Waals surface area contributed by atoms with Gasteiger partial charge in [-0.15, -0.1) is 11.3 Å². The van der Waals surface area contributed by atoms with Crippen molar-refractivity contribution in [2.45, 2.75) is 12.0 Å². The van der Waals surface area contributed by atoms with E-state index in [0.29, 0.717) is 17.0 Å². The lowest BCUT2D eigenvalue weighted by molar-refractivity contribution is -0.119. The number of rotatable bonds is 4. The van der Waals surface area contributed by atoms with Gasteiger partial charge >= 0.3 is 0 Å². The molecular weight excluding hydrogens is 372 g/mol. The van der Waals surface area contributed by atoms with Gasteiger partial charge in [0, 0.05) is 29.2 Å². The molecule has 0 radical (unpaired) electrons. The highest BCUT2D eigenvalue weighted by molar-refractivity contribution is 7.10. The standard InChI is InChI=1S/C22H20N2O3S/c1-24-20(18-11-6-12-28-18)19(16-9-3-4-10-17(16)22(24)26)21(25)23-14-7-5-8-15(13-14)27-2/h3-13,19-20H,1-2H3,(H,23,25)/t19-,20-/m0/s1. The Morgan fingerprint density at radius 1 is 1.11 bits per heavy atom. The topological polar surface area (TPSA) is 58.6 Å². The van der Waals surface area contributed by atoms with Gasteiger partial charge < -0.3 is 15.0 Å². The molecule has 0 unspecified atom stereocenters. The molecule has 1 aliphatic rings. The predicted molar refractivity (Wildman–Crippen MR) is 110 cm³/mol. The third-order valence-electron chi connectivity index (χ3n) is 5.03. The molecule has 0 bridgehead atoms. The SMILES string of the molecule is COc1cccc(NC(=O)[C@H]2c3ccccc3C(=O)N(C)[C@H]2c2cccs2)c1. The number of anilines is 1. The van der Waals surface area contributed by atoms with Gasteiger partial charge in [-0.1, -0.05) is 30.3 Å². The number of likely N-dealkylation sites (N-methyl/N-ethyl adjacent to an activating group) is 1. The number of carbonyl (C=O) groups is 2. The first-order valence-corrected chi connectivity index (χ1v) is 9.82. The van der Waals surface area contributed by atoms with Crippen LogP contribution >= 0.6 is 11.3 Å². The number of nitrogens with one attached hydrogen (secondary N) is 1. The fourth-order valence-corrected chi connectivity index (χ4v) is 4.60. The van der Waals surface area contributed by atoms with Crippen molar-refractivity contribution >= 4 is 28.8 Å². The Morgan fingerprint density at radius 2 is 1.93 bits per heavy atom. The molecule has 1 aromatic heterocycles. The Hall–Kier alpha value is -3.12. The molecule has 2 aromatic carbocycles. The minimum Gasteiger partial charge on any atom is -0.497 e. The van der Waals surface area contributed by atoms with E-state index in [4.69, 9.17) is 4.74 Å². The maximum absolute atomic E-state index is 13.4. The monoisotopic (exact) mass is 392 g/mol. The lowest BCUT2D eigenvalue weighted by Gasteiger charge is -2.39. The molecule has 28 heavy (non-hydrogen) atoms. The highest BCUT2D eigenvalue weighted by atomic mass is 32.1. The molecule has 2 heterocycles. The first-order chi connectivity index (χ1) is 13.6. The number of benzene rings is 2. The number of nitrogens with zero attached hydrogens (tertiary/aromatic N) is 1. The second-order valence-electron chi connectivity index (χ2n) is 6.66. The van der Waals surface area contributed by atoms with Gasteiger partial charge in [0.05, 0.1) is 19.1 Å². The molecule has 0 saturated heterocycles. The smallest absolute Gasteiger partial charge is 0.254 e. The Balaban J connectivity index is 1.77. The zero-order valence-corrected chi connectivity index (χ0v) is 16.4. The Morgan fingerprint density at radius 3 is 2.68 bits per heavy atom. The summed E-state index contributed by atoms with van der Waals surface area (Å²) in [6, 6.07) is 18.2. The number of methoxy groups -OCH3 is 1. The van der Waals surface area contributed by atoms with E-state index in [9.17, 15) is 9.59 Å². The van der Waals surface area contributed by atoms with Crippen molar-refractivity contribution in [3.05, 3.63) is 82.0 Å². The number of ether oxygens (including phenoxy) is 1. The van der Waals surface area contributed by atoms with E-state index >= 15 is 0 Å². The van der Waals surface area contributed by atoms with E-state index in [1.165, 1.54) is 0 Å². The van der Waals surface area contributed by atoms with Gasteiger partial charge in [-0.25, -0.2) is 0 Å². The summed E-state index contributed by atoms with van der Waals surface area (Å²) < 4.78 is 5.25. The van der Waals surface area contributed by atoms with Crippen molar-refractivity contribution in [1.29, 1.82) is 0 Å². The van der Waals surface area contributed by atoms with Crippen molar-refractivity contribution in [3.63, 3.8) is 0 Å². The second-order valence-corrected chi connectivity index (χ2v) is 7.64. The summed E-state index contributed by atoms with van der Waals surface area (Å²) in [4.78, 5) is 29.0. The number of fused-ring (bicyclic) bond motifs is 1. The van der Waals surface area contributed by atoms with Gasteiger partial charge in [0.1, 0.15) is 5.75 Å². The molecule has 6 heteroatoms. The van der Waals surface area contributed by atoms with Crippen LogP contribution in [0.25, 0.3) is 0 Å². The average Bonchev–Trinajstić information content (AvgIpc) is 3.25. The zero-order valence-electron chi connectivity index (χ0n) is 15.6. The van der Waals surface area contributed by atoms with Gasteiger partial charge in [0.15, 0.2) is 0 Å². The molecular formula is C22H20N2O3S. The van der Waals surface area contributed by atoms with Crippen molar-refractivity contribution < 1.29 is 14.3 Å². The molecule has 0 aliphatic carbocycles. The van der Waals surface area contributed by atoms with Crippen LogP contribution in [0.5, 0.6) is 5.75 Å². The highest BCUT2D eigenvalue weighted by Gasteiger charge is 2.43. The summed E-state index contributed by atoms with van der Waals surface area (Å²) >= 11 is 1.55. The lowest BCUT2D eigenvalue weighted by atomic mass is 9.81. The molecule has 0 spiro atoms. The number of thiophene rings is 1. The highest BCUT2D eigenvalue weighted by Crippen LogP contribution is 2.43. The molecule has 5 nitrogen and oxygen atoms in total. The van der Waals surface area contributed by atoms with E-state index in [-0.39, 0.29) is 17.9 Å². The zero-order chi connectivity index (χ0) is 19.7. The van der Waals surface area contributed by atoms with Gasteiger partial charge in [-0.05, 0) is 35.2 Å². The molecule has 142 valence electrons. The van der Waals surface area contributed by atoms with E-state index < -0.39 is 5.92 Å². The summed E-state index contributed by atoms with van der Waals surface area (Å²) in [5, 5.41) is 4.97. The quantitative estimate of drug-likeness (QED) is 0.720. The van der Waals surface area contributed by atoms with E-state index in [1.807, 2.05) is 53.9 Å². The summed E-state index contributed by atoms with van der Waals surface area (Å²) in [6.45, 7) is 0. The fourth-order valence-electron chi connectivity index (χ4n) is 3.69. The van der Waals surface area contributed by atoms with E-state index in [0.717, 1.165) is 10.4 Å². The maximum atomic E-state index is 13.4. The molecule has 4 rings (SSSR count). The van der Waals surface area contributed by atoms with Gasteiger partial charge in [0.25, 0.3) is 5.91 Å². The largest absolute Gasteiger partial charge is 0.497 e. The van der Waals surface area contributed by atoms with Crippen LogP contribution < -0.4 is 10.1 Å². The molecule has 2 atom stereocenters. The minimum absolute atomic E-state index is 0.0700. The predicted octanol–water partition coefficient (Wildman–Crippen LogP) is 4.31. The van der Waals surface area contributed by atoms with Crippen molar-refractivity contribution in [2.24, 2.45) is 0 Å².